The maximum Gasteiger partial charge on any atom is 0.00965 e. The number of hydrogen-bond donors (Lipinski definition) is 1. The lowest BCUT2D eigenvalue weighted by atomic mass is 9.85. The Hall–Kier alpha value is -0.0800. The van der Waals surface area contributed by atoms with Crippen LogP contribution in [0.3, 0.4) is 0 Å². The molecule has 3 fully saturated rings. The van der Waals surface area contributed by atoms with Gasteiger partial charge in [-0.25, -0.2) is 0 Å². The van der Waals surface area contributed by atoms with E-state index in [1.807, 2.05) is 0 Å². The quantitative estimate of drug-likeness (QED) is 0.742. The SMILES string of the molecule is C1CC(CNCC2CCN(C3CC3)C2)C1. The fourth-order valence-corrected chi connectivity index (χ4v) is 2.99. The summed E-state index contributed by atoms with van der Waals surface area (Å²) in [7, 11) is 0. The van der Waals surface area contributed by atoms with Gasteiger partial charge in [0.05, 0.1) is 0 Å². The molecule has 1 saturated heterocycles. The van der Waals surface area contributed by atoms with Crippen molar-refractivity contribution in [3.05, 3.63) is 0 Å². The van der Waals surface area contributed by atoms with Gasteiger partial charge in [-0.2, -0.15) is 0 Å². The van der Waals surface area contributed by atoms with Gasteiger partial charge in [0.15, 0.2) is 0 Å². The van der Waals surface area contributed by atoms with E-state index in [1.165, 1.54) is 64.7 Å². The number of rotatable bonds is 5. The molecule has 2 saturated carbocycles. The smallest absolute Gasteiger partial charge is 0.00965 e. The number of likely N-dealkylation sites (tertiary alicyclic amines) is 1. The molecule has 0 aromatic carbocycles. The molecular weight excluding hydrogens is 184 g/mol. The Morgan fingerprint density at radius 1 is 0.933 bits per heavy atom. The van der Waals surface area contributed by atoms with E-state index in [1.54, 1.807) is 0 Å². The third-order valence-corrected chi connectivity index (χ3v) is 4.47. The fraction of sp³-hybridized carbons (Fsp3) is 1.00. The molecule has 3 aliphatic rings. The first kappa shape index (κ1) is 10.1. The Kier molecular flexibility index (Phi) is 2.98. The Balaban J connectivity index is 1.30. The van der Waals surface area contributed by atoms with E-state index in [-0.39, 0.29) is 0 Å². The maximum atomic E-state index is 3.68. The molecule has 1 heterocycles. The zero-order valence-corrected chi connectivity index (χ0v) is 9.75. The molecule has 0 amide bonds. The van der Waals surface area contributed by atoms with Gasteiger partial charge in [0.1, 0.15) is 0 Å². The van der Waals surface area contributed by atoms with E-state index >= 15 is 0 Å². The average molecular weight is 208 g/mol. The van der Waals surface area contributed by atoms with Gasteiger partial charge in [0, 0.05) is 12.6 Å². The lowest BCUT2D eigenvalue weighted by Crippen LogP contribution is -2.32. The van der Waals surface area contributed by atoms with Crippen LogP contribution in [0.2, 0.25) is 0 Å². The normalized spacial score (nSPS) is 33.2. The molecule has 0 aromatic rings. The van der Waals surface area contributed by atoms with Crippen molar-refractivity contribution in [3.63, 3.8) is 0 Å². The van der Waals surface area contributed by atoms with Gasteiger partial charge in [-0.1, -0.05) is 6.42 Å². The van der Waals surface area contributed by atoms with Gasteiger partial charge in [-0.3, -0.25) is 0 Å². The number of nitrogens with one attached hydrogen (secondary N) is 1. The highest BCUT2D eigenvalue weighted by molar-refractivity contribution is 4.90. The molecule has 3 rings (SSSR count). The zero-order valence-electron chi connectivity index (χ0n) is 9.75. The summed E-state index contributed by atoms with van der Waals surface area (Å²) in [6.07, 6.45) is 8.82. The van der Waals surface area contributed by atoms with Crippen LogP contribution in [-0.2, 0) is 0 Å². The summed E-state index contributed by atoms with van der Waals surface area (Å²) in [5.74, 6) is 1.97. The van der Waals surface area contributed by atoms with Gasteiger partial charge < -0.3 is 10.2 Å². The molecule has 1 atom stereocenters. The lowest BCUT2D eigenvalue weighted by molar-refractivity contribution is 0.286. The third-order valence-electron chi connectivity index (χ3n) is 4.47. The van der Waals surface area contributed by atoms with Crippen molar-refractivity contribution in [2.75, 3.05) is 26.2 Å². The zero-order chi connectivity index (χ0) is 10.1. The van der Waals surface area contributed by atoms with Crippen LogP contribution in [0.5, 0.6) is 0 Å². The molecule has 0 radical (unpaired) electrons. The van der Waals surface area contributed by atoms with Crippen LogP contribution in [0, 0.1) is 11.8 Å². The maximum absolute atomic E-state index is 3.68. The van der Waals surface area contributed by atoms with Gasteiger partial charge in [0.2, 0.25) is 0 Å². The third kappa shape index (κ3) is 2.54. The Labute approximate surface area is 93.4 Å². The highest BCUT2D eigenvalue weighted by Crippen LogP contribution is 2.31. The summed E-state index contributed by atoms with van der Waals surface area (Å²) in [6, 6.07) is 0.988. The molecule has 1 N–H and O–H groups in total. The van der Waals surface area contributed by atoms with Crippen LogP contribution in [0.25, 0.3) is 0 Å². The largest absolute Gasteiger partial charge is 0.316 e. The second-order valence-corrected chi connectivity index (χ2v) is 5.84. The summed E-state index contributed by atoms with van der Waals surface area (Å²) in [5.41, 5.74) is 0. The van der Waals surface area contributed by atoms with E-state index < -0.39 is 0 Å². The molecule has 0 spiro atoms. The minimum absolute atomic E-state index is 0.950. The first-order valence-corrected chi connectivity index (χ1v) is 6.86. The first-order valence-electron chi connectivity index (χ1n) is 6.86. The van der Waals surface area contributed by atoms with Crippen LogP contribution in [0.1, 0.15) is 38.5 Å². The standard InChI is InChI=1S/C13H24N2/c1-2-11(3-1)8-14-9-12-6-7-15(10-12)13-4-5-13/h11-14H,1-10H2. The van der Waals surface area contributed by atoms with Crippen molar-refractivity contribution in [3.8, 4) is 0 Å². The molecule has 15 heavy (non-hydrogen) atoms. The van der Waals surface area contributed by atoms with Crippen molar-refractivity contribution < 1.29 is 0 Å². The first-order chi connectivity index (χ1) is 7.42. The van der Waals surface area contributed by atoms with Crippen molar-refractivity contribution in [2.45, 2.75) is 44.6 Å². The van der Waals surface area contributed by atoms with Crippen LogP contribution in [0.4, 0.5) is 0 Å². The monoisotopic (exact) mass is 208 g/mol. The molecule has 2 heteroatoms. The van der Waals surface area contributed by atoms with Crippen LogP contribution < -0.4 is 5.32 Å². The lowest BCUT2D eigenvalue weighted by Gasteiger charge is -2.26. The predicted octanol–water partition coefficient (Wildman–Crippen LogP) is 1.86. The van der Waals surface area contributed by atoms with E-state index in [9.17, 15) is 0 Å². The summed E-state index contributed by atoms with van der Waals surface area (Å²) in [5, 5.41) is 3.68. The minimum Gasteiger partial charge on any atom is -0.316 e. The Morgan fingerprint density at radius 3 is 2.40 bits per heavy atom. The molecule has 2 nitrogen and oxygen atoms in total. The van der Waals surface area contributed by atoms with Crippen LogP contribution >= 0.6 is 0 Å². The number of hydrogen-bond acceptors (Lipinski definition) is 2. The topological polar surface area (TPSA) is 15.3 Å². The summed E-state index contributed by atoms with van der Waals surface area (Å²) >= 11 is 0. The van der Waals surface area contributed by atoms with Crippen molar-refractivity contribution in [1.82, 2.24) is 10.2 Å². The summed E-state index contributed by atoms with van der Waals surface area (Å²) in [6.45, 7) is 5.32. The van der Waals surface area contributed by atoms with Crippen molar-refractivity contribution in [2.24, 2.45) is 11.8 Å². The van der Waals surface area contributed by atoms with Crippen molar-refractivity contribution >= 4 is 0 Å². The summed E-state index contributed by atoms with van der Waals surface area (Å²) < 4.78 is 0. The molecule has 86 valence electrons. The molecule has 0 aromatic heterocycles. The number of nitrogens with zero attached hydrogens (tertiary/aromatic N) is 1. The summed E-state index contributed by atoms with van der Waals surface area (Å²) in [4.78, 5) is 2.72. The van der Waals surface area contributed by atoms with E-state index in [2.05, 4.69) is 10.2 Å². The highest BCUT2D eigenvalue weighted by Gasteiger charge is 2.34. The molecule has 2 aliphatic carbocycles. The Bertz CT molecular complexity index is 209. The van der Waals surface area contributed by atoms with Gasteiger partial charge >= 0.3 is 0 Å². The minimum atomic E-state index is 0.950. The van der Waals surface area contributed by atoms with E-state index in [0.29, 0.717) is 0 Å². The molecule has 1 unspecified atom stereocenters. The molecule has 1 aliphatic heterocycles. The second-order valence-electron chi connectivity index (χ2n) is 5.84. The van der Waals surface area contributed by atoms with Gasteiger partial charge in [0.25, 0.3) is 0 Å². The van der Waals surface area contributed by atoms with Crippen molar-refractivity contribution in [1.29, 1.82) is 0 Å². The van der Waals surface area contributed by atoms with Gasteiger partial charge in [-0.05, 0) is 63.6 Å². The molecular formula is C13H24N2. The van der Waals surface area contributed by atoms with Crippen LogP contribution in [0.15, 0.2) is 0 Å². The Morgan fingerprint density at radius 2 is 1.73 bits per heavy atom. The highest BCUT2D eigenvalue weighted by atomic mass is 15.2. The van der Waals surface area contributed by atoms with Gasteiger partial charge in [-0.15, -0.1) is 0 Å². The van der Waals surface area contributed by atoms with E-state index in [4.69, 9.17) is 0 Å². The second kappa shape index (κ2) is 4.42. The average Bonchev–Trinajstić information content (AvgIpc) is 2.91. The predicted molar refractivity (Wildman–Crippen MR) is 62.9 cm³/mol. The molecule has 0 bridgehead atoms. The van der Waals surface area contributed by atoms with E-state index in [0.717, 1.165) is 17.9 Å². The van der Waals surface area contributed by atoms with Crippen LogP contribution in [-0.4, -0.2) is 37.1 Å². The fourth-order valence-electron chi connectivity index (χ4n) is 2.99.